The second kappa shape index (κ2) is 6.23. The quantitative estimate of drug-likeness (QED) is 0.655. The molecule has 17 heavy (non-hydrogen) atoms. The first-order valence-electron chi connectivity index (χ1n) is 4.56. The van der Waals surface area contributed by atoms with E-state index in [9.17, 15) is 9.59 Å². The van der Waals surface area contributed by atoms with Crippen molar-refractivity contribution in [2.45, 2.75) is 0 Å². The SMILES string of the molecule is CNC(=O)Nc1c(Cl)cc(C(=O)CBr)cc1Cl. The minimum Gasteiger partial charge on any atom is -0.341 e. The lowest BCUT2D eigenvalue weighted by Gasteiger charge is -2.10. The maximum atomic E-state index is 11.4. The van der Waals surface area contributed by atoms with E-state index >= 15 is 0 Å². The molecule has 0 heterocycles. The Morgan fingerprint density at radius 3 is 2.24 bits per heavy atom. The number of urea groups is 1. The van der Waals surface area contributed by atoms with Crippen LogP contribution in [0.25, 0.3) is 0 Å². The predicted molar refractivity (Wildman–Crippen MR) is 72.7 cm³/mol. The van der Waals surface area contributed by atoms with E-state index in [0.29, 0.717) is 5.56 Å². The van der Waals surface area contributed by atoms with Crippen LogP contribution in [0.3, 0.4) is 0 Å². The van der Waals surface area contributed by atoms with Crippen molar-refractivity contribution in [3.05, 3.63) is 27.7 Å². The van der Waals surface area contributed by atoms with Gasteiger partial charge in [-0.1, -0.05) is 39.1 Å². The van der Waals surface area contributed by atoms with E-state index in [2.05, 4.69) is 26.6 Å². The summed E-state index contributed by atoms with van der Waals surface area (Å²) in [7, 11) is 1.47. The number of alkyl halides is 1. The minimum atomic E-state index is -0.437. The molecule has 0 aliphatic rings. The van der Waals surface area contributed by atoms with Crippen molar-refractivity contribution in [2.24, 2.45) is 0 Å². The van der Waals surface area contributed by atoms with Crippen LogP contribution in [-0.4, -0.2) is 24.2 Å². The highest BCUT2D eigenvalue weighted by Crippen LogP contribution is 2.32. The number of halogens is 3. The molecule has 0 saturated heterocycles. The number of amides is 2. The monoisotopic (exact) mass is 338 g/mol. The molecule has 0 bridgehead atoms. The molecule has 92 valence electrons. The first kappa shape index (κ1) is 14.3. The summed E-state index contributed by atoms with van der Waals surface area (Å²) in [6, 6.07) is 2.48. The van der Waals surface area contributed by atoms with Crippen molar-refractivity contribution >= 4 is 56.6 Å². The summed E-state index contributed by atoms with van der Waals surface area (Å²) in [6.07, 6.45) is 0. The normalized spacial score (nSPS) is 9.88. The van der Waals surface area contributed by atoms with Crippen LogP contribution >= 0.6 is 39.1 Å². The smallest absolute Gasteiger partial charge is 0.319 e. The summed E-state index contributed by atoms with van der Waals surface area (Å²) in [6.45, 7) is 0. The van der Waals surface area contributed by atoms with Crippen molar-refractivity contribution in [3.63, 3.8) is 0 Å². The molecular weight excluding hydrogens is 331 g/mol. The number of benzene rings is 1. The molecule has 4 nitrogen and oxygen atoms in total. The third kappa shape index (κ3) is 3.59. The molecule has 0 radical (unpaired) electrons. The summed E-state index contributed by atoms with van der Waals surface area (Å²) in [5, 5.41) is 5.46. The maximum Gasteiger partial charge on any atom is 0.319 e. The predicted octanol–water partition coefficient (Wildman–Crippen LogP) is 3.32. The van der Waals surface area contributed by atoms with Crippen LogP contribution in [0.5, 0.6) is 0 Å². The van der Waals surface area contributed by atoms with Gasteiger partial charge in [-0.05, 0) is 12.1 Å². The molecule has 7 heteroatoms. The van der Waals surface area contributed by atoms with Gasteiger partial charge < -0.3 is 10.6 Å². The fraction of sp³-hybridized carbons (Fsp3) is 0.200. The molecule has 2 amide bonds. The zero-order valence-corrected chi connectivity index (χ0v) is 11.9. The topological polar surface area (TPSA) is 58.2 Å². The third-order valence-electron chi connectivity index (χ3n) is 1.95. The zero-order chi connectivity index (χ0) is 13.0. The number of hydrogen-bond donors (Lipinski definition) is 2. The zero-order valence-electron chi connectivity index (χ0n) is 8.81. The Labute approximate surface area is 117 Å². The number of rotatable bonds is 3. The van der Waals surface area contributed by atoms with Crippen molar-refractivity contribution in [3.8, 4) is 0 Å². The fourth-order valence-electron chi connectivity index (χ4n) is 1.11. The minimum absolute atomic E-state index is 0.139. The first-order valence-corrected chi connectivity index (χ1v) is 6.44. The van der Waals surface area contributed by atoms with Gasteiger partial charge in [0.25, 0.3) is 0 Å². The Morgan fingerprint density at radius 1 is 1.29 bits per heavy atom. The highest BCUT2D eigenvalue weighted by Gasteiger charge is 2.13. The number of nitrogens with one attached hydrogen (secondary N) is 2. The maximum absolute atomic E-state index is 11.4. The van der Waals surface area contributed by atoms with Crippen LogP contribution in [0.1, 0.15) is 10.4 Å². The van der Waals surface area contributed by atoms with Gasteiger partial charge in [0, 0.05) is 12.6 Å². The van der Waals surface area contributed by atoms with Crippen LogP contribution < -0.4 is 10.6 Å². The molecule has 0 aromatic heterocycles. The van der Waals surface area contributed by atoms with Crippen molar-refractivity contribution in [2.75, 3.05) is 17.7 Å². The molecule has 0 aliphatic heterocycles. The lowest BCUT2D eigenvalue weighted by atomic mass is 10.1. The van der Waals surface area contributed by atoms with E-state index in [1.54, 1.807) is 0 Å². The van der Waals surface area contributed by atoms with E-state index < -0.39 is 6.03 Å². The number of ketones is 1. The van der Waals surface area contributed by atoms with Crippen LogP contribution in [0.4, 0.5) is 10.5 Å². The van der Waals surface area contributed by atoms with Gasteiger partial charge >= 0.3 is 6.03 Å². The molecule has 0 unspecified atom stereocenters. The van der Waals surface area contributed by atoms with E-state index in [-0.39, 0.29) is 26.8 Å². The van der Waals surface area contributed by atoms with E-state index in [1.165, 1.54) is 19.2 Å². The van der Waals surface area contributed by atoms with E-state index in [4.69, 9.17) is 23.2 Å². The van der Waals surface area contributed by atoms with Gasteiger partial charge in [-0.2, -0.15) is 0 Å². The second-order valence-corrected chi connectivity index (χ2v) is 4.45. The number of carbonyl (C=O) groups is 2. The Balaban J connectivity index is 3.10. The fourth-order valence-corrected chi connectivity index (χ4v) is 2.01. The third-order valence-corrected chi connectivity index (χ3v) is 3.06. The lowest BCUT2D eigenvalue weighted by molar-refractivity contribution is 0.102. The van der Waals surface area contributed by atoms with Crippen molar-refractivity contribution < 1.29 is 9.59 Å². The average molecular weight is 340 g/mol. The van der Waals surface area contributed by atoms with Gasteiger partial charge in [0.05, 0.1) is 21.1 Å². The Hall–Kier alpha value is -0.780. The Bertz CT molecular complexity index is 443. The molecule has 0 fully saturated rings. The van der Waals surface area contributed by atoms with Crippen molar-refractivity contribution in [1.82, 2.24) is 5.32 Å². The van der Waals surface area contributed by atoms with Crippen LogP contribution in [0.15, 0.2) is 12.1 Å². The first-order chi connectivity index (χ1) is 7.99. The summed E-state index contributed by atoms with van der Waals surface area (Å²) in [5.41, 5.74) is 0.665. The number of anilines is 1. The van der Waals surface area contributed by atoms with Crippen molar-refractivity contribution in [1.29, 1.82) is 0 Å². The molecule has 0 aliphatic carbocycles. The summed E-state index contributed by atoms with van der Waals surface area (Å²) < 4.78 is 0. The Kier molecular flexibility index (Phi) is 5.24. The summed E-state index contributed by atoms with van der Waals surface area (Å²) in [5.74, 6) is -0.139. The van der Waals surface area contributed by atoms with Gasteiger partial charge in [-0.25, -0.2) is 4.79 Å². The largest absolute Gasteiger partial charge is 0.341 e. The summed E-state index contributed by atoms with van der Waals surface area (Å²) >= 11 is 14.9. The Morgan fingerprint density at radius 2 is 1.82 bits per heavy atom. The molecule has 0 saturated carbocycles. The highest BCUT2D eigenvalue weighted by molar-refractivity contribution is 9.09. The van der Waals surface area contributed by atoms with Crippen LogP contribution in [0.2, 0.25) is 10.0 Å². The lowest BCUT2D eigenvalue weighted by Crippen LogP contribution is -2.24. The van der Waals surface area contributed by atoms with Gasteiger partial charge in [0.2, 0.25) is 0 Å². The summed E-state index contributed by atoms with van der Waals surface area (Å²) in [4.78, 5) is 22.6. The number of hydrogen-bond acceptors (Lipinski definition) is 2. The van der Waals surface area contributed by atoms with Gasteiger partial charge in [0.1, 0.15) is 0 Å². The highest BCUT2D eigenvalue weighted by atomic mass is 79.9. The molecule has 1 aromatic rings. The van der Waals surface area contributed by atoms with Crippen LogP contribution in [-0.2, 0) is 0 Å². The second-order valence-electron chi connectivity index (χ2n) is 3.08. The molecular formula is C10H9BrCl2N2O2. The van der Waals surface area contributed by atoms with Gasteiger partial charge in [-0.3, -0.25) is 4.79 Å². The molecule has 1 rings (SSSR count). The van der Waals surface area contributed by atoms with E-state index in [1.807, 2.05) is 0 Å². The van der Waals surface area contributed by atoms with E-state index in [0.717, 1.165) is 0 Å². The van der Waals surface area contributed by atoms with Gasteiger partial charge in [-0.15, -0.1) is 0 Å². The number of Topliss-reactive ketones (excluding diaryl/α,β-unsaturated/α-hetero) is 1. The molecule has 0 spiro atoms. The molecule has 1 aromatic carbocycles. The van der Waals surface area contributed by atoms with Crippen LogP contribution in [0, 0.1) is 0 Å². The van der Waals surface area contributed by atoms with Gasteiger partial charge in [0.15, 0.2) is 5.78 Å². The average Bonchev–Trinajstić information content (AvgIpc) is 2.32. The standard InChI is InChI=1S/C10H9BrCl2N2O2/c1-14-10(17)15-9-6(12)2-5(3-7(9)13)8(16)4-11/h2-3H,4H2,1H3,(H2,14,15,17). The molecule has 0 atom stereocenters. The number of carbonyl (C=O) groups excluding carboxylic acids is 2. The molecule has 2 N–H and O–H groups in total.